The highest BCUT2D eigenvalue weighted by Gasteiger charge is 2.25. The van der Waals surface area contributed by atoms with E-state index in [0.717, 1.165) is 16.7 Å². The second-order valence-electron chi connectivity index (χ2n) is 8.36. The van der Waals surface area contributed by atoms with Gasteiger partial charge in [-0.2, -0.15) is 5.10 Å². The second kappa shape index (κ2) is 10.3. The summed E-state index contributed by atoms with van der Waals surface area (Å²) in [6, 6.07) is 15.7. The van der Waals surface area contributed by atoms with E-state index in [1.807, 2.05) is 69.3 Å². The fourth-order valence-electron chi connectivity index (χ4n) is 3.41. The third-order valence-electron chi connectivity index (χ3n) is 5.63. The van der Waals surface area contributed by atoms with E-state index in [1.165, 1.54) is 4.68 Å². The second-order valence-corrected chi connectivity index (χ2v) is 8.36. The number of rotatable bonds is 7. The summed E-state index contributed by atoms with van der Waals surface area (Å²) >= 11 is 0. The summed E-state index contributed by atoms with van der Waals surface area (Å²) in [7, 11) is 0. The van der Waals surface area contributed by atoms with Crippen LogP contribution in [0.3, 0.4) is 0 Å². The van der Waals surface area contributed by atoms with Crippen molar-refractivity contribution in [1.82, 2.24) is 9.78 Å². The van der Waals surface area contributed by atoms with Gasteiger partial charge in [0, 0.05) is 17.2 Å². The third-order valence-corrected chi connectivity index (χ3v) is 5.63. The largest absolute Gasteiger partial charge is 0.324 e. The van der Waals surface area contributed by atoms with Gasteiger partial charge >= 0.3 is 0 Å². The molecule has 0 saturated heterocycles. The Morgan fingerprint density at radius 1 is 0.939 bits per heavy atom. The lowest BCUT2D eigenvalue weighted by atomic mass is 10.1. The number of hydrogen-bond acceptors (Lipinski definition) is 4. The van der Waals surface area contributed by atoms with Gasteiger partial charge in [-0.3, -0.25) is 14.4 Å². The van der Waals surface area contributed by atoms with Crippen LogP contribution < -0.4 is 16.2 Å². The third kappa shape index (κ3) is 5.37. The van der Waals surface area contributed by atoms with Gasteiger partial charge in [0.2, 0.25) is 11.8 Å². The maximum atomic E-state index is 13.3. The molecular formula is C26H30N4O3. The van der Waals surface area contributed by atoms with E-state index < -0.39 is 11.6 Å². The molecule has 0 saturated carbocycles. The van der Waals surface area contributed by atoms with E-state index in [1.54, 1.807) is 19.9 Å². The lowest BCUT2D eigenvalue weighted by molar-refractivity contribution is -0.120. The van der Waals surface area contributed by atoms with Crippen molar-refractivity contribution in [2.24, 2.45) is 5.92 Å². The summed E-state index contributed by atoms with van der Waals surface area (Å²) in [5.74, 6) is -0.926. The molecule has 7 heteroatoms. The van der Waals surface area contributed by atoms with Gasteiger partial charge < -0.3 is 10.6 Å². The molecule has 1 heterocycles. The molecule has 0 aliphatic heterocycles. The van der Waals surface area contributed by atoms with Crippen LogP contribution >= 0.6 is 0 Å². The molecule has 3 aromatic rings. The van der Waals surface area contributed by atoms with Crippen LogP contribution in [0.25, 0.3) is 11.3 Å². The fraction of sp³-hybridized carbons (Fsp3) is 0.308. The first-order valence-electron chi connectivity index (χ1n) is 11.1. The molecule has 1 atom stereocenters. The van der Waals surface area contributed by atoms with E-state index >= 15 is 0 Å². The molecule has 0 radical (unpaired) electrons. The maximum absolute atomic E-state index is 13.3. The van der Waals surface area contributed by atoms with Crippen LogP contribution in [0.1, 0.15) is 44.4 Å². The van der Waals surface area contributed by atoms with Crippen molar-refractivity contribution in [3.63, 3.8) is 0 Å². The summed E-state index contributed by atoms with van der Waals surface area (Å²) in [4.78, 5) is 38.9. The van der Waals surface area contributed by atoms with Crippen molar-refractivity contribution < 1.29 is 9.59 Å². The molecule has 172 valence electrons. The Morgan fingerprint density at radius 2 is 1.61 bits per heavy atom. The van der Waals surface area contributed by atoms with Crippen LogP contribution in [0.4, 0.5) is 11.4 Å². The van der Waals surface area contributed by atoms with Gasteiger partial charge in [-0.1, -0.05) is 63.2 Å². The quantitative estimate of drug-likeness (QED) is 0.550. The minimum absolute atomic E-state index is 0.0977. The minimum Gasteiger partial charge on any atom is -0.324 e. The zero-order valence-corrected chi connectivity index (χ0v) is 19.7. The fourth-order valence-corrected chi connectivity index (χ4v) is 3.41. The van der Waals surface area contributed by atoms with Gasteiger partial charge in [0.1, 0.15) is 11.7 Å². The van der Waals surface area contributed by atoms with Crippen molar-refractivity contribution in [2.75, 3.05) is 10.6 Å². The highest BCUT2D eigenvalue weighted by molar-refractivity contribution is 5.95. The Labute approximate surface area is 193 Å². The monoisotopic (exact) mass is 446 g/mol. The zero-order chi connectivity index (χ0) is 24.1. The topological polar surface area (TPSA) is 93.1 Å². The summed E-state index contributed by atoms with van der Waals surface area (Å²) in [5.41, 5.74) is 3.55. The van der Waals surface area contributed by atoms with E-state index in [9.17, 15) is 14.4 Å². The molecule has 7 nitrogen and oxygen atoms in total. The molecule has 0 aliphatic carbocycles. The zero-order valence-electron chi connectivity index (χ0n) is 19.7. The van der Waals surface area contributed by atoms with Crippen LogP contribution in [-0.2, 0) is 9.59 Å². The first kappa shape index (κ1) is 23.9. The Bertz CT molecular complexity index is 1220. The van der Waals surface area contributed by atoms with Gasteiger partial charge in [0.15, 0.2) is 0 Å². The lowest BCUT2D eigenvalue weighted by Crippen LogP contribution is -2.37. The van der Waals surface area contributed by atoms with E-state index in [2.05, 4.69) is 15.7 Å². The van der Waals surface area contributed by atoms with Gasteiger partial charge in [-0.25, -0.2) is 4.68 Å². The maximum Gasteiger partial charge on any atom is 0.291 e. The van der Waals surface area contributed by atoms with Gasteiger partial charge in [-0.05, 0) is 43.5 Å². The summed E-state index contributed by atoms with van der Waals surface area (Å²) in [6.45, 7) is 9.23. The van der Waals surface area contributed by atoms with Crippen LogP contribution in [-0.4, -0.2) is 21.6 Å². The highest BCUT2D eigenvalue weighted by Crippen LogP contribution is 2.23. The molecule has 1 aromatic heterocycles. The average molecular weight is 447 g/mol. The summed E-state index contributed by atoms with van der Waals surface area (Å²) in [6.07, 6.45) is 0.347. The van der Waals surface area contributed by atoms with E-state index in [-0.39, 0.29) is 23.4 Å². The van der Waals surface area contributed by atoms with Crippen LogP contribution in [0.2, 0.25) is 0 Å². The van der Waals surface area contributed by atoms with Crippen molar-refractivity contribution in [2.45, 2.75) is 47.1 Å². The number of hydrogen-bond donors (Lipinski definition) is 2. The first-order chi connectivity index (χ1) is 15.7. The molecule has 0 aliphatic rings. The number of nitrogens with one attached hydrogen (secondary N) is 2. The van der Waals surface area contributed by atoms with E-state index in [4.69, 9.17) is 0 Å². The predicted octanol–water partition coefficient (Wildman–Crippen LogP) is 4.71. The minimum atomic E-state index is -0.851. The Kier molecular flexibility index (Phi) is 7.43. The smallest absolute Gasteiger partial charge is 0.291 e. The molecule has 2 amide bonds. The number of carbonyl (C=O) groups excluding carboxylic acids is 2. The number of anilines is 2. The number of nitrogens with zero attached hydrogens (tertiary/aromatic N) is 2. The van der Waals surface area contributed by atoms with Crippen molar-refractivity contribution in [1.29, 1.82) is 0 Å². The molecule has 0 spiro atoms. The van der Waals surface area contributed by atoms with Crippen molar-refractivity contribution in [3.05, 3.63) is 76.1 Å². The average Bonchev–Trinajstić information content (AvgIpc) is 2.80. The van der Waals surface area contributed by atoms with Gasteiger partial charge in [0.25, 0.3) is 5.56 Å². The van der Waals surface area contributed by atoms with Crippen molar-refractivity contribution in [3.8, 4) is 11.3 Å². The molecule has 33 heavy (non-hydrogen) atoms. The predicted molar refractivity (Wildman–Crippen MR) is 131 cm³/mol. The van der Waals surface area contributed by atoms with E-state index in [0.29, 0.717) is 17.8 Å². The Morgan fingerprint density at radius 3 is 2.24 bits per heavy atom. The number of amides is 2. The summed E-state index contributed by atoms with van der Waals surface area (Å²) < 4.78 is 1.18. The number of carbonyl (C=O) groups is 2. The number of benzene rings is 2. The molecule has 0 unspecified atom stereocenters. The van der Waals surface area contributed by atoms with Crippen LogP contribution in [0.5, 0.6) is 0 Å². The van der Waals surface area contributed by atoms with Gasteiger partial charge in [-0.15, -0.1) is 0 Å². The molecule has 0 fully saturated rings. The lowest BCUT2D eigenvalue weighted by Gasteiger charge is -2.20. The highest BCUT2D eigenvalue weighted by atomic mass is 16.2. The number of aromatic nitrogens is 2. The van der Waals surface area contributed by atoms with Crippen LogP contribution in [0.15, 0.2) is 59.4 Å². The Hall–Kier alpha value is -3.74. The normalized spacial score (nSPS) is 11.8. The van der Waals surface area contributed by atoms with Crippen molar-refractivity contribution >= 4 is 23.2 Å². The molecule has 2 aromatic carbocycles. The SMILES string of the molecule is CC[C@@H](C(=O)Nc1cccc(C)c1C)n1nc(-c2ccccc2)cc(NC(=O)C(C)C)c1=O. The molecular weight excluding hydrogens is 416 g/mol. The molecule has 2 N–H and O–H groups in total. The summed E-state index contributed by atoms with van der Waals surface area (Å²) in [5, 5.41) is 10.2. The standard InChI is InChI=1S/C26H30N4O3/c1-6-23(25(32)27-20-14-10-11-17(4)18(20)5)30-26(33)22(28-24(31)16(2)3)15-21(29-30)19-12-8-7-9-13-19/h7-16,23H,6H2,1-5H3,(H,27,32)(H,28,31)/t23-/m0/s1. The number of aryl methyl sites for hydroxylation is 1. The first-order valence-corrected chi connectivity index (χ1v) is 11.1. The van der Waals surface area contributed by atoms with Crippen LogP contribution in [0, 0.1) is 19.8 Å². The molecule has 3 rings (SSSR count). The Balaban J connectivity index is 2.08. The molecule has 0 bridgehead atoms. The van der Waals surface area contributed by atoms with Gasteiger partial charge in [0.05, 0.1) is 5.69 Å².